The van der Waals surface area contributed by atoms with Crippen molar-refractivity contribution in [3.63, 3.8) is 0 Å². The average molecular weight is 416 g/mol. The van der Waals surface area contributed by atoms with Gasteiger partial charge in [0.05, 0.1) is 5.41 Å². The van der Waals surface area contributed by atoms with E-state index in [1.54, 1.807) is 6.20 Å². The van der Waals surface area contributed by atoms with Crippen LogP contribution in [0.25, 0.3) is 0 Å². The predicted molar refractivity (Wildman–Crippen MR) is 117 cm³/mol. The Morgan fingerprint density at radius 3 is 2.62 bits per heavy atom. The lowest BCUT2D eigenvalue weighted by atomic mass is 9.90. The van der Waals surface area contributed by atoms with E-state index in [9.17, 15) is 4.79 Å². The van der Waals surface area contributed by atoms with E-state index in [0.29, 0.717) is 5.88 Å². The SMILES string of the molecule is Cc1cnc(OCC(C)(C)C(=O)N[C@H]2CN(C)C[C@@H]2c2ccc(Cl)cc2)c(C)c1. The fourth-order valence-corrected chi connectivity index (χ4v) is 3.85. The molecule has 3 rings (SSSR count). The molecule has 0 unspecified atom stereocenters. The molecule has 1 N–H and O–H groups in total. The topological polar surface area (TPSA) is 54.5 Å². The Bertz CT molecular complexity index is 867. The maximum Gasteiger partial charge on any atom is 0.229 e. The number of nitrogens with zero attached hydrogens (tertiary/aromatic N) is 2. The van der Waals surface area contributed by atoms with Gasteiger partial charge in [-0.25, -0.2) is 4.98 Å². The van der Waals surface area contributed by atoms with Gasteiger partial charge in [-0.3, -0.25) is 4.79 Å². The molecule has 1 aliphatic rings. The van der Waals surface area contributed by atoms with Crippen LogP contribution in [0, 0.1) is 19.3 Å². The molecule has 1 aliphatic heterocycles. The van der Waals surface area contributed by atoms with Gasteiger partial charge in [-0.05, 0) is 64.1 Å². The van der Waals surface area contributed by atoms with Crippen LogP contribution in [0.3, 0.4) is 0 Å². The largest absolute Gasteiger partial charge is 0.476 e. The minimum Gasteiger partial charge on any atom is -0.476 e. The minimum atomic E-state index is -0.676. The van der Waals surface area contributed by atoms with Crippen molar-refractivity contribution >= 4 is 17.5 Å². The molecule has 2 atom stereocenters. The van der Waals surface area contributed by atoms with Gasteiger partial charge in [-0.1, -0.05) is 23.7 Å². The number of halogens is 1. The normalized spacial score (nSPS) is 19.9. The predicted octanol–water partition coefficient (Wildman–Crippen LogP) is 3.97. The molecular formula is C23H30ClN3O2. The molecule has 6 heteroatoms. The minimum absolute atomic E-state index is 0.0125. The fraction of sp³-hybridized carbons (Fsp3) is 0.478. The van der Waals surface area contributed by atoms with Gasteiger partial charge in [0.15, 0.2) is 0 Å². The fourth-order valence-electron chi connectivity index (χ4n) is 3.73. The van der Waals surface area contributed by atoms with Crippen molar-refractivity contribution in [2.45, 2.75) is 39.7 Å². The molecule has 2 heterocycles. The first-order valence-electron chi connectivity index (χ1n) is 9.97. The Labute approximate surface area is 178 Å². The van der Waals surface area contributed by atoms with Gasteiger partial charge in [0, 0.05) is 41.8 Å². The number of hydrogen-bond donors (Lipinski definition) is 1. The molecule has 1 saturated heterocycles. The van der Waals surface area contributed by atoms with E-state index in [0.717, 1.165) is 29.2 Å². The van der Waals surface area contributed by atoms with E-state index >= 15 is 0 Å². The van der Waals surface area contributed by atoms with Gasteiger partial charge in [-0.15, -0.1) is 0 Å². The van der Waals surface area contributed by atoms with Crippen molar-refractivity contribution in [2.75, 3.05) is 26.7 Å². The Morgan fingerprint density at radius 2 is 1.97 bits per heavy atom. The second kappa shape index (κ2) is 8.72. The van der Waals surface area contributed by atoms with Gasteiger partial charge >= 0.3 is 0 Å². The van der Waals surface area contributed by atoms with Crippen LogP contribution in [-0.2, 0) is 4.79 Å². The highest BCUT2D eigenvalue weighted by molar-refractivity contribution is 6.30. The van der Waals surface area contributed by atoms with Crippen molar-refractivity contribution in [1.29, 1.82) is 0 Å². The quantitative estimate of drug-likeness (QED) is 0.775. The van der Waals surface area contributed by atoms with Gasteiger partial charge in [0.25, 0.3) is 0 Å². The highest BCUT2D eigenvalue weighted by Crippen LogP contribution is 2.29. The number of pyridine rings is 1. The first kappa shape index (κ1) is 21.6. The third-order valence-corrected chi connectivity index (χ3v) is 5.72. The molecule has 0 saturated carbocycles. The number of likely N-dealkylation sites (tertiary alicyclic amines) is 1. The zero-order valence-corrected chi connectivity index (χ0v) is 18.6. The van der Waals surface area contributed by atoms with Crippen LogP contribution in [0.2, 0.25) is 5.02 Å². The molecule has 156 valence electrons. The number of ether oxygens (including phenoxy) is 1. The van der Waals surface area contributed by atoms with Crippen molar-refractivity contribution in [1.82, 2.24) is 15.2 Å². The van der Waals surface area contributed by atoms with Crippen LogP contribution >= 0.6 is 11.6 Å². The van der Waals surface area contributed by atoms with Crippen molar-refractivity contribution in [2.24, 2.45) is 5.41 Å². The molecule has 1 aromatic heterocycles. The Balaban J connectivity index is 1.65. The maximum absolute atomic E-state index is 13.1. The molecule has 1 amide bonds. The second-order valence-electron chi connectivity index (χ2n) is 8.77. The van der Waals surface area contributed by atoms with Crippen molar-refractivity contribution in [3.8, 4) is 5.88 Å². The molecule has 29 heavy (non-hydrogen) atoms. The lowest BCUT2D eigenvalue weighted by Crippen LogP contribution is -2.48. The second-order valence-corrected chi connectivity index (χ2v) is 9.20. The smallest absolute Gasteiger partial charge is 0.229 e. The van der Waals surface area contributed by atoms with Crippen LogP contribution in [0.15, 0.2) is 36.5 Å². The summed E-state index contributed by atoms with van der Waals surface area (Å²) in [6.45, 7) is 9.75. The van der Waals surface area contributed by atoms with Crippen LogP contribution in [0.1, 0.15) is 36.5 Å². The first-order chi connectivity index (χ1) is 13.7. The van der Waals surface area contributed by atoms with E-state index in [2.05, 4.69) is 22.2 Å². The molecular weight excluding hydrogens is 386 g/mol. The van der Waals surface area contributed by atoms with E-state index < -0.39 is 5.41 Å². The number of hydrogen-bond acceptors (Lipinski definition) is 4. The first-order valence-corrected chi connectivity index (χ1v) is 10.3. The van der Waals surface area contributed by atoms with E-state index in [4.69, 9.17) is 16.3 Å². The molecule has 1 fully saturated rings. The third kappa shape index (κ3) is 5.28. The van der Waals surface area contributed by atoms with Gasteiger partial charge < -0.3 is 15.0 Å². The van der Waals surface area contributed by atoms with E-state index in [1.807, 2.05) is 58.0 Å². The van der Waals surface area contributed by atoms with Crippen molar-refractivity contribution in [3.05, 3.63) is 58.2 Å². The highest BCUT2D eigenvalue weighted by Gasteiger charge is 2.37. The maximum atomic E-state index is 13.1. The Morgan fingerprint density at radius 1 is 1.28 bits per heavy atom. The third-order valence-electron chi connectivity index (χ3n) is 5.47. The molecule has 0 radical (unpaired) electrons. The number of aromatic nitrogens is 1. The number of carbonyl (C=O) groups is 1. The van der Waals surface area contributed by atoms with Crippen LogP contribution in [0.5, 0.6) is 5.88 Å². The Hall–Kier alpha value is -2.11. The van der Waals surface area contributed by atoms with Gasteiger partial charge in [0.2, 0.25) is 11.8 Å². The van der Waals surface area contributed by atoms with E-state index in [-0.39, 0.29) is 24.5 Å². The monoisotopic (exact) mass is 415 g/mol. The van der Waals surface area contributed by atoms with Crippen LogP contribution in [-0.4, -0.2) is 48.6 Å². The molecule has 0 bridgehead atoms. The summed E-state index contributed by atoms with van der Waals surface area (Å²) in [6.07, 6.45) is 1.78. The molecule has 5 nitrogen and oxygen atoms in total. The number of benzene rings is 1. The number of carbonyl (C=O) groups excluding carboxylic acids is 1. The van der Waals surface area contributed by atoms with Crippen LogP contribution < -0.4 is 10.1 Å². The zero-order valence-electron chi connectivity index (χ0n) is 17.8. The zero-order chi connectivity index (χ0) is 21.2. The number of aryl methyl sites for hydroxylation is 2. The average Bonchev–Trinajstić information content (AvgIpc) is 3.01. The number of likely N-dealkylation sites (N-methyl/N-ethyl adjacent to an activating group) is 1. The van der Waals surface area contributed by atoms with E-state index in [1.165, 1.54) is 5.56 Å². The molecule has 2 aromatic rings. The summed E-state index contributed by atoms with van der Waals surface area (Å²) < 4.78 is 5.89. The number of amides is 1. The summed E-state index contributed by atoms with van der Waals surface area (Å²) in [7, 11) is 2.08. The lowest BCUT2D eigenvalue weighted by molar-refractivity contribution is -0.131. The Kier molecular flexibility index (Phi) is 6.49. The van der Waals surface area contributed by atoms with Gasteiger partial charge in [0.1, 0.15) is 6.61 Å². The van der Waals surface area contributed by atoms with Crippen LogP contribution in [0.4, 0.5) is 0 Å². The number of rotatable bonds is 6. The van der Waals surface area contributed by atoms with Gasteiger partial charge in [-0.2, -0.15) is 0 Å². The summed E-state index contributed by atoms with van der Waals surface area (Å²) >= 11 is 6.03. The summed E-state index contributed by atoms with van der Waals surface area (Å²) in [5, 5.41) is 3.98. The lowest BCUT2D eigenvalue weighted by Gasteiger charge is -2.28. The molecule has 0 spiro atoms. The summed E-state index contributed by atoms with van der Waals surface area (Å²) in [5.74, 6) is 0.802. The molecule has 0 aliphatic carbocycles. The summed E-state index contributed by atoms with van der Waals surface area (Å²) in [4.78, 5) is 19.7. The standard InChI is InChI=1S/C23H30ClN3O2/c1-15-10-16(2)21(25-11-15)29-14-23(3,4)22(28)26-20-13-27(5)12-19(20)17-6-8-18(24)9-7-17/h6-11,19-20H,12-14H2,1-5H3,(H,26,28)/t19-,20+/m1/s1. The number of nitrogens with one attached hydrogen (secondary N) is 1. The highest BCUT2D eigenvalue weighted by atomic mass is 35.5. The van der Waals surface area contributed by atoms with Crippen molar-refractivity contribution < 1.29 is 9.53 Å². The summed E-state index contributed by atoms with van der Waals surface area (Å²) in [5.41, 5.74) is 2.58. The summed E-state index contributed by atoms with van der Waals surface area (Å²) in [6, 6.07) is 9.98. The molecule has 1 aromatic carbocycles.